The lowest BCUT2D eigenvalue weighted by molar-refractivity contribution is -0.129. The van der Waals surface area contributed by atoms with E-state index in [2.05, 4.69) is 10.6 Å². The summed E-state index contributed by atoms with van der Waals surface area (Å²) in [6.45, 7) is 4.00. The molecule has 110 valence electrons. The van der Waals surface area contributed by atoms with E-state index in [0.717, 1.165) is 5.56 Å². The number of rotatable bonds is 6. The van der Waals surface area contributed by atoms with Crippen LogP contribution < -0.4 is 16.4 Å². The number of nitrogens with two attached hydrogens (primary N) is 1. The molecule has 0 aliphatic rings. The average Bonchev–Trinajstić information content (AvgIpc) is 2.45. The summed E-state index contributed by atoms with van der Waals surface area (Å²) in [6, 6.07) is 7.78. The van der Waals surface area contributed by atoms with Gasteiger partial charge in [0, 0.05) is 7.05 Å². The van der Waals surface area contributed by atoms with Crippen molar-refractivity contribution in [2.75, 3.05) is 7.05 Å². The zero-order valence-corrected chi connectivity index (χ0v) is 12.2. The molecule has 0 aromatic heterocycles. The smallest absolute Gasteiger partial charge is 0.242 e. The summed E-state index contributed by atoms with van der Waals surface area (Å²) in [4.78, 5) is 23.9. The summed E-state index contributed by atoms with van der Waals surface area (Å²) in [7, 11) is 1.55. The van der Waals surface area contributed by atoms with Crippen molar-refractivity contribution >= 4 is 11.8 Å². The molecule has 1 aromatic rings. The summed E-state index contributed by atoms with van der Waals surface area (Å²) < 4.78 is 0. The number of benzene rings is 1. The van der Waals surface area contributed by atoms with E-state index < -0.39 is 12.1 Å². The van der Waals surface area contributed by atoms with Gasteiger partial charge in [-0.05, 0) is 17.9 Å². The average molecular weight is 277 g/mol. The highest BCUT2D eigenvalue weighted by Gasteiger charge is 2.24. The van der Waals surface area contributed by atoms with Crippen molar-refractivity contribution in [3.8, 4) is 0 Å². The molecule has 0 spiro atoms. The van der Waals surface area contributed by atoms with E-state index in [0.29, 0.717) is 12.3 Å². The molecule has 0 aliphatic carbocycles. The number of carbonyl (C=O) groups is 2. The van der Waals surface area contributed by atoms with Crippen molar-refractivity contribution in [2.24, 2.45) is 11.7 Å². The third-order valence-electron chi connectivity index (χ3n) is 3.03. The van der Waals surface area contributed by atoms with E-state index in [9.17, 15) is 9.59 Å². The van der Waals surface area contributed by atoms with E-state index in [4.69, 9.17) is 5.73 Å². The number of carbonyl (C=O) groups excluding carboxylic acids is 2. The fourth-order valence-corrected chi connectivity index (χ4v) is 1.95. The summed E-state index contributed by atoms with van der Waals surface area (Å²) >= 11 is 0. The Balaban J connectivity index is 2.72. The molecule has 20 heavy (non-hydrogen) atoms. The van der Waals surface area contributed by atoms with Crippen molar-refractivity contribution < 1.29 is 9.59 Å². The lowest BCUT2D eigenvalue weighted by Crippen LogP contribution is -2.49. The fraction of sp³-hybridized carbons (Fsp3) is 0.467. The van der Waals surface area contributed by atoms with Crippen LogP contribution in [0.4, 0.5) is 0 Å². The lowest BCUT2D eigenvalue weighted by Gasteiger charge is -2.21. The molecule has 0 radical (unpaired) electrons. The van der Waals surface area contributed by atoms with Gasteiger partial charge < -0.3 is 16.4 Å². The third kappa shape index (κ3) is 4.66. The van der Waals surface area contributed by atoms with Gasteiger partial charge in [0.05, 0.1) is 0 Å². The van der Waals surface area contributed by atoms with Crippen molar-refractivity contribution in [2.45, 2.75) is 32.4 Å². The van der Waals surface area contributed by atoms with E-state index in [1.54, 1.807) is 19.2 Å². The highest BCUT2D eigenvalue weighted by atomic mass is 16.2. The van der Waals surface area contributed by atoms with Gasteiger partial charge in [-0.15, -0.1) is 0 Å². The molecule has 2 atom stereocenters. The molecule has 0 saturated carbocycles. The molecule has 2 amide bonds. The van der Waals surface area contributed by atoms with E-state index in [-0.39, 0.29) is 11.8 Å². The quantitative estimate of drug-likeness (QED) is 0.724. The highest BCUT2D eigenvalue weighted by molar-refractivity contribution is 5.90. The second kappa shape index (κ2) is 7.65. The molecule has 4 N–H and O–H groups in total. The number of hydrogen-bond acceptors (Lipinski definition) is 3. The first-order valence-corrected chi connectivity index (χ1v) is 6.78. The summed E-state index contributed by atoms with van der Waals surface area (Å²) in [5.74, 6) is -0.247. The van der Waals surface area contributed by atoms with Crippen LogP contribution in [0, 0.1) is 5.92 Å². The van der Waals surface area contributed by atoms with Crippen LogP contribution in [0.3, 0.4) is 0 Å². The highest BCUT2D eigenvalue weighted by Crippen LogP contribution is 2.11. The Kier molecular flexibility index (Phi) is 6.18. The fourth-order valence-electron chi connectivity index (χ4n) is 1.95. The zero-order valence-electron chi connectivity index (χ0n) is 12.2. The van der Waals surface area contributed by atoms with Gasteiger partial charge in [-0.1, -0.05) is 44.2 Å². The standard InChI is InChI=1S/C15H23N3O2/c1-10(2)9-12(14(19)17-3)18-15(20)13(16)11-7-5-4-6-8-11/h4-8,10,12-13H,9,16H2,1-3H3,(H,17,19)(H,18,20)/t12?,13-/m0/s1. The maximum Gasteiger partial charge on any atom is 0.242 e. The Morgan fingerprint density at radius 1 is 1.15 bits per heavy atom. The number of likely N-dealkylation sites (N-methyl/N-ethyl adjacent to an activating group) is 1. The normalized spacial score (nSPS) is 13.7. The van der Waals surface area contributed by atoms with Gasteiger partial charge in [0.2, 0.25) is 11.8 Å². The summed E-state index contributed by atoms with van der Waals surface area (Å²) in [5.41, 5.74) is 6.64. The monoisotopic (exact) mass is 277 g/mol. The Labute approximate surface area is 119 Å². The Hall–Kier alpha value is -1.88. The topological polar surface area (TPSA) is 84.2 Å². The van der Waals surface area contributed by atoms with Crippen LogP contribution in [-0.4, -0.2) is 24.9 Å². The maximum atomic E-state index is 12.1. The second-order valence-corrected chi connectivity index (χ2v) is 5.19. The molecule has 5 heteroatoms. The second-order valence-electron chi connectivity index (χ2n) is 5.19. The largest absolute Gasteiger partial charge is 0.357 e. The molecular weight excluding hydrogens is 254 g/mol. The van der Waals surface area contributed by atoms with Crippen LogP contribution in [0.15, 0.2) is 30.3 Å². The molecule has 0 aliphatic heterocycles. The van der Waals surface area contributed by atoms with Crippen molar-refractivity contribution in [3.63, 3.8) is 0 Å². The van der Waals surface area contributed by atoms with E-state index >= 15 is 0 Å². The van der Waals surface area contributed by atoms with Crippen molar-refractivity contribution in [3.05, 3.63) is 35.9 Å². The minimum atomic E-state index is -0.768. The summed E-state index contributed by atoms with van der Waals surface area (Å²) in [6.07, 6.45) is 0.576. The summed E-state index contributed by atoms with van der Waals surface area (Å²) in [5, 5.41) is 5.28. The predicted molar refractivity (Wildman–Crippen MR) is 78.8 cm³/mol. The number of hydrogen-bond donors (Lipinski definition) is 3. The van der Waals surface area contributed by atoms with Gasteiger partial charge in [-0.25, -0.2) is 0 Å². The molecule has 1 aromatic carbocycles. The maximum absolute atomic E-state index is 12.1. The van der Waals surface area contributed by atoms with Crippen LogP contribution in [0.1, 0.15) is 31.9 Å². The van der Waals surface area contributed by atoms with Gasteiger partial charge >= 0.3 is 0 Å². The zero-order chi connectivity index (χ0) is 15.1. The van der Waals surface area contributed by atoms with Gasteiger partial charge in [-0.2, -0.15) is 0 Å². The Bertz CT molecular complexity index is 446. The van der Waals surface area contributed by atoms with Gasteiger partial charge in [0.15, 0.2) is 0 Å². The van der Waals surface area contributed by atoms with E-state index in [1.807, 2.05) is 32.0 Å². The SMILES string of the molecule is CNC(=O)C(CC(C)C)NC(=O)[C@@H](N)c1ccccc1. The lowest BCUT2D eigenvalue weighted by atomic mass is 10.0. The first-order chi connectivity index (χ1) is 9.45. The molecule has 5 nitrogen and oxygen atoms in total. The number of nitrogens with one attached hydrogen (secondary N) is 2. The van der Waals surface area contributed by atoms with Gasteiger partial charge in [0.25, 0.3) is 0 Å². The van der Waals surface area contributed by atoms with Crippen LogP contribution in [0.5, 0.6) is 0 Å². The van der Waals surface area contributed by atoms with Crippen LogP contribution in [0.2, 0.25) is 0 Å². The van der Waals surface area contributed by atoms with Crippen molar-refractivity contribution in [1.29, 1.82) is 0 Å². The molecule has 0 heterocycles. The predicted octanol–water partition coefficient (Wildman–Crippen LogP) is 0.963. The molecule has 0 bridgehead atoms. The van der Waals surface area contributed by atoms with Crippen LogP contribution in [0.25, 0.3) is 0 Å². The molecule has 0 saturated heterocycles. The molecule has 1 unspecified atom stereocenters. The minimum Gasteiger partial charge on any atom is -0.357 e. The van der Waals surface area contributed by atoms with E-state index in [1.165, 1.54) is 0 Å². The van der Waals surface area contributed by atoms with Gasteiger partial charge in [0.1, 0.15) is 12.1 Å². The third-order valence-corrected chi connectivity index (χ3v) is 3.03. The minimum absolute atomic E-state index is 0.202. The van der Waals surface area contributed by atoms with Crippen LogP contribution in [-0.2, 0) is 9.59 Å². The molecular formula is C15H23N3O2. The first-order valence-electron chi connectivity index (χ1n) is 6.78. The molecule has 1 rings (SSSR count). The first kappa shape index (κ1) is 16.2. The Morgan fingerprint density at radius 3 is 2.25 bits per heavy atom. The molecule has 0 fully saturated rings. The van der Waals surface area contributed by atoms with Crippen LogP contribution >= 0.6 is 0 Å². The number of amides is 2. The Morgan fingerprint density at radius 2 is 1.75 bits per heavy atom. The van der Waals surface area contributed by atoms with Crippen molar-refractivity contribution in [1.82, 2.24) is 10.6 Å². The van der Waals surface area contributed by atoms with Gasteiger partial charge in [-0.3, -0.25) is 9.59 Å².